The van der Waals surface area contributed by atoms with Gasteiger partial charge in [0.05, 0.1) is 0 Å². The van der Waals surface area contributed by atoms with Gasteiger partial charge in [0, 0.05) is 0 Å². The molecule has 0 saturated carbocycles. The van der Waals surface area contributed by atoms with Crippen molar-refractivity contribution in [1.29, 1.82) is 0 Å². The Labute approximate surface area is 150 Å². The number of alkyl halides is 3. The van der Waals surface area contributed by atoms with Crippen molar-refractivity contribution in [1.82, 2.24) is 0 Å². The molecule has 0 aliphatic rings. The van der Waals surface area contributed by atoms with Gasteiger partial charge in [-0.2, -0.15) is 0 Å². The van der Waals surface area contributed by atoms with Gasteiger partial charge >= 0.3 is 151 Å². The van der Waals surface area contributed by atoms with E-state index in [0.717, 1.165) is 0 Å². The summed E-state index contributed by atoms with van der Waals surface area (Å²) < 4.78 is 76.6. The van der Waals surface area contributed by atoms with Crippen LogP contribution in [0.2, 0.25) is 0 Å². The van der Waals surface area contributed by atoms with Crippen molar-refractivity contribution >= 4 is 30.4 Å². The topological polar surface area (TPSA) is 61.8 Å². The third-order valence-electron chi connectivity index (χ3n) is 2.92. The molecule has 0 unspecified atom stereocenters. The van der Waals surface area contributed by atoms with Gasteiger partial charge in [0.1, 0.15) is 0 Å². The van der Waals surface area contributed by atoms with Gasteiger partial charge in [-0.05, 0) is 0 Å². The summed E-state index contributed by atoms with van der Waals surface area (Å²) in [5, 5.41) is 0. The third kappa shape index (κ3) is 4.76. The zero-order valence-electron chi connectivity index (χ0n) is 13.1. The number of ether oxygens (including phenoxy) is 2. The molecular formula is C15H14F3IO5S. The van der Waals surface area contributed by atoms with Crippen LogP contribution in [0.25, 0.3) is 0 Å². The molecule has 0 heterocycles. The first-order valence-electron chi connectivity index (χ1n) is 6.67. The second-order valence-electron chi connectivity index (χ2n) is 4.53. The number of halogens is 4. The van der Waals surface area contributed by atoms with E-state index in [0.29, 0.717) is 18.6 Å². The van der Waals surface area contributed by atoms with Gasteiger partial charge in [-0.25, -0.2) is 0 Å². The third-order valence-corrected chi connectivity index (χ3v) is 9.98. The van der Waals surface area contributed by atoms with Gasteiger partial charge in [-0.1, -0.05) is 0 Å². The summed E-state index contributed by atoms with van der Waals surface area (Å²) >= 11 is -3.37. The van der Waals surface area contributed by atoms with Crippen LogP contribution < -0.4 is 9.47 Å². The van der Waals surface area contributed by atoms with Crippen molar-refractivity contribution in [2.75, 3.05) is 14.2 Å². The van der Waals surface area contributed by atoms with E-state index >= 15 is 0 Å². The summed E-state index contributed by atoms with van der Waals surface area (Å²) in [5.74, 6) is 0.987. The molecule has 0 radical (unpaired) electrons. The zero-order chi connectivity index (χ0) is 18.7. The second kappa shape index (κ2) is 7.79. The number of benzene rings is 2. The van der Waals surface area contributed by atoms with Crippen LogP contribution in [-0.2, 0) is 12.6 Å². The minimum absolute atomic E-state index is 0.378. The summed E-state index contributed by atoms with van der Waals surface area (Å²) in [5.41, 5.74) is -5.48. The quantitative estimate of drug-likeness (QED) is 0.452. The fraction of sp³-hybridized carbons (Fsp3) is 0.200. The molecule has 0 aromatic heterocycles. The molecule has 0 N–H and O–H groups in total. The zero-order valence-corrected chi connectivity index (χ0v) is 16.1. The summed E-state index contributed by atoms with van der Waals surface area (Å²) in [4.78, 5) is 0. The molecule has 2 aromatic carbocycles. The Morgan fingerprint density at radius 2 is 1.16 bits per heavy atom. The van der Waals surface area contributed by atoms with E-state index in [-0.39, 0.29) is 0 Å². The summed E-state index contributed by atoms with van der Waals surface area (Å²) in [6.07, 6.45) is 0. The minimum atomic E-state index is -5.72. The Balaban J connectivity index is 2.46. The van der Waals surface area contributed by atoms with Crippen molar-refractivity contribution < 1.29 is 33.6 Å². The van der Waals surface area contributed by atoms with Gasteiger partial charge in [0.25, 0.3) is 0 Å². The Morgan fingerprint density at radius 3 is 1.44 bits per heavy atom. The van der Waals surface area contributed by atoms with Crippen LogP contribution >= 0.6 is 20.2 Å². The van der Waals surface area contributed by atoms with Gasteiger partial charge in [-0.15, -0.1) is 0 Å². The van der Waals surface area contributed by atoms with Gasteiger partial charge < -0.3 is 0 Å². The van der Waals surface area contributed by atoms with Crippen LogP contribution in [0.4, 0.5) is 13.2 Å². The molecule has 0 aliphatic carbocycles. The molecule has 0 atom stereocenters. The molecule has 25 heavy (non-hydrogen) atoms. The fourth-order valence-corrected chi connectivity index (χ4v) is 8.09. The van der Waals surface area contributed by atoms with Gasteiger partial charge in [-0.3, -0.25) is 0 Å². The predicted molar refractivity (Wildman–Crippen MR) is 93.5 cm³/mol. The van der Waals surface area contributed by atoms with Gasteiger partial charge in [0.15, 0.2) is 0 Å². The van der Waals surface area contributed by atoms with E-state index in [2.05, 4.69) is 2.51 Å². The van der Waals surface area contributed by atoms with Crippen LogP contribution in [0.3, 0.4) is 0 Å². The molecule has 138 valence electrons. The standard InChI is InChI=1S/C15H14F3IO5S/c1-22-13-7-3-11(4-8-13)19(24-25(20,21)15(16,17)18)12-5-9-14(23-2)10-6-12/h3-10H,1-2H3. The Hall–Kier alpha value is -1.53. The molecule has 0 saturated heterocycles. The molecule has 2 rings (SSSR count). The van der Waals surface area contributed by atoms with Gasteiger partial charge in [0.2, 0.25) is 0 Å². The monoisotopic (exact) mass is 490 g/mol. The Bertz CT molecular complexity index is 757. The molecule has 0 bridgehead atoms. The molecule has 0 fully saturated rings. The van der Waals surface area contributed by atoms with Crippen molar-refractivity contribution in [3.05, 3.63) is 55.7 Å². The fourth-order valence-electron chi connectivity index (χ4n) is 1.69. The second-order valence-corrected chi connectivity index (χ2v) is 11.0. The summed E-state index contributed by atoms with van der Waals surface area (Å²) in [6, 6.07) is 12.1. The normalized spacial score (nSPS) is 12.6. The predicted octanol–water partition coefficient (Wildman–Crippen LogP) is 4.03. The van der Waals surface area contributed by atoms with Crippen molar-refractivity contribution in [2.45, 2.75) is 5.51 Å². The first kappa shape index (κ1) is 19.8. The SMILES string of the molecule is COc1ccc(I(OS(=O)(=O)C(F)(F)F)c2ccc(OC)cc2)cc1. The first-order valence-corrected chi connectivity index (χ1v) is 11.1. The van der Waals surface area contributed by atoms with E-state index in [1.807, 2.05) is 0 Å². The van der Waals surface area contributed by atoms with E-state index in [9.17, 15) is 21.6 Å². The number of rotatable bonds is 6. The molecule has 0 aliphatic heterocycles. The molecule has 5 nitrogen and oxygen atoms in total. The van der Waals surface area contributed by atoms with Crippen LogP contribution in [0, 0.1) is 7.14 Å². The summed E-state index contributed by atoms with van der Waals surface area (Å²) in [7, 11) is -2.83. The average molecular weight is 490 g/mol. The van der Waals surface area contributed by atoms with Crippen LogP contribution in [0.5, 0.6) is 11.5 Å². The Kier molecular flexibility index (Phi) is 6.16. The molecule has 0 amide bonds. The maximum atomic E-state index is 12.7. The number of hydrogen-bond donors (Lipinski definition) is 0. The number of hydrogen-bond acceptors (Lipinski definition) is 5. The van der Waals surface area contributed by atoms with Crippen molar-refractivity contribution in [2.24, 2.45) is 0 Å². The van der Waals surface area contributed by atoms with Crippen LogP contribution in [0.1, 0.15) is 0 Å². The van der Waals surface area contributed by atoms with Crippen LogP contribution in [-0.4, -0.2) is 28.1 Å². The Morgan fingerprint density at radius 1 is 0.800 bits per heavy atom. The maximum absolute atomic E-state index is 12.7. The van der Waals surface area contributed by atoms with Crippen molar-refractivity contribution in [3.63, 3.8) is 0 Å². The van der Waals surface area contributed by atoms with Crippen LogP contribution in [0.15, 0.2) is 48.5 Å². The van der Waals surface area contributed by atoms with E-state index in [4.69, 9.17) is 9.47 Å². The van der Waals surface area contributed by atoms with E-state index in [1.165, 1.54) is 62.8 Å². The van der Waals surface area contributed by atoms with Crippen molar-refractivity contribution in [3.8, 4) is 11.5 Å². The molecular weight excluding hydrogens is 476 g/mol. The molecule has 2 aromatic rings. The number of methoxy groups -OCH3 is 2. The first-order chi connectivity index (χ1) is 11.7. The molecule has 0 spiro atoms. The summed E-state index contributed by atoms with van der Waals surface area (Å²) in [6.45, 7) is 0. The average Bonchev–Trinajstić information content (AvgIpc) is 2.59. The molecule has 10 heteroatoms. The van der Waals surface area contributed by atoms with E-state index < -0.39 is 35.9 Å². The van der Waals surface area contributed by atoms with E-state index in [1.54, 1.807) is 0 Å².